The molecule has 0 aliphatic heterocycles. The fourth-order valence-corrected chi connectivity index (χ4v) is 0.174. The van der Waals surface area contributed by atoms with E-state index in [2.05, 4.69) is 4.74 Å². The molecule has 0 aliphatic carbocycles. The van der Waals surface area contributed by atoms with Gasteiger partial charge in [-0.2, -0.15) is 0 Å². The molecule has 0 aromatic carbocycles. The number of ether oxygens (including phenoxy) is 1. The average Bonchev–Trinajstić information content (AvgIpc) is 1.68. The molecule has 3 N–H and O–H groups in total. The van der Waals surface area contributed by atoms with Crippen LogP contribution in [0.15, 0.2) is 0 Å². The Balaban J connectivity index is 3.06. The second-order valence-electron chi connectivity index (χ2n) is 0.896. The second-order valence-corrected chi connectivity index (χ2v) is 0.896. The molecule has 0 heterocycles. The molecule has 0 atom stereocenters. The molecular formula is C3H7NO4. The van der Waals surface area contributed by atoms with E-state index in [4.69, 9.17) is 10.2 Å². The number of carbonyl (C=O) groups excluding carboxylic acids is 1. The van der Waals surface area contributed by atoms with E-state index in [1.54, 1.807) is 0 Å². The fourth-order valence-electron chi connectivity index (χ4n) is 0.174. The van der Waals surface area contributed by atoms with Crippen molar-refractivity contribution in [2.75, 3.05) is 13.5 Å². The zero-order valence-corrected chi connectivity index (χ0v) is 4.13. The van der Waals surface area contributed by atoms with Crippen LogP contribution in [-0.4, -0.2) is 29.8 Å². The van der Waals surface area contributed by atoms with Crippen molar-refractivity contribution in [2.45, 2.75) is 0 Å². The summed E-state index contributed by atoms with van der Waals surface area (Å²) in [5, 5.41) is 17.7. The van der Waals surface area contributed by atoms with Crippen LogP contribution in [0.1, 0.15) is 0 Å². The molecule has 0 rings (SSSR count). The van der Waals surface area contributed by atoms with Gasteiger partial charge in [-0.3, -0.25) is 5.32 Å². The highest BCUT2D eigenvalue weighted by Gasteiger charge is 1.94. The highest BCUT2D eigenvalue weighted by Crippen LogP contribution is 1.70. The first-order valence-electron chi connectivity index (χ1n) is 1.93. The Bertz CT molecular complexity index is 65.7. The van der Waals surface area contributed by atoms with Gasteiger partial charge < -0.3 is 14.9 Å². The van der Waals surface area contributed by atoms with Crippen LogP contribution in [0.2, 0.25) is 0 Å². The van der Waals surface area contributed by atoms with Gasteiger partial charge >= 0.3 is 6.09 Å². The predicted octanol–water partition coefficient (Wildman–Crippen LogP) is -1.39. The molecular weight excluding hydrogens is 114 g/mol. The Kier molecular flexibility index (Phi) is 3.91. The van der Waals surface area contributed by atoms with Crippen molar-refractivity contribution in [1.29, 1.82) is 0 Å². The molecule has 0 unspecified atom stereocenters. The molecule has 0 fully saturated rings. The topological polar surface area (TPSA) is 78.8 Å². The van der Waals surface area contributed by atoms with E-state index in [0.29, 0.717) is 0 Å². The molecule has 0 saturated heterocycles. The standard InChI is InChI=1S/C3H7NO4/c5-1-4-3(7)8-2-6/h5-6H,1-2H2,(H,4,7). The van der Waals surface area contributed by atoms with E-state index in [1.165, 1.54) is 0 Å². The lowest BCUT2D eigenvalue weighted by Crippen LogP contribution is -2.25. The fraction of sp³-hybridized carbons (Fsp3) is 0.667. The van der Waals surface area contributed by atoms with E-state index < -0.39 is 19.6 Å². The molecule has 5 heteroatoms. The first kappa shape index (κ1) is 7.19. The summed E-state index contributed by atoms with van der Waals surface area (Å²) in [5.41, 5.74) is 0. The summed E-state index contributed by atoms with van der Waals surface area (Å²) in [7, 11) is 0. The summed E-state index contributed by atoms with van der Waals surface area (Å²) in [4.78, 5) is 9.99. The van der Waals surface area contributed by atoms with Crippen molar-refractivity contribution in [3.05, 3.63) is 0 Å². The third-order valence-corrected chi connectivity index (χ3v) is 0.419. The third-order valence-electron chi connectivity index (χ3n) is 0.419. The van der Waals surface area contributed by atoms with Crippen LogP contribution in [0.5, 0.6) is 0 Å². The third kappa shape index (κ3) is 3.38. The minimum Gasteiger partial charge on any atom is -0.423 e. The van der Waals surface area contributed by atoms with Crippen molar-refractivity contribution in [3.8, 4) is 0 Å². The quantitative estimate of drug-likeness (QED) is 0.393. The molecule has 0 radical (unpaired) electrons. The van der Waals surface area contributed by atoms with Gasteiger partial charge in [-0.1, -0.05) is 0 Å². The van der Waals surface area contributed by atoms with E-state index in [-0.39, 0.29) is 0 Å². The van der Waals surface area contributed by atoms with Gasteiger partial charge in [0.2, 0.25) is 0 Å². The summed E-state index contributed by atoms with van der Waals surface area (Å²) < 4.78 is 3.93. The lowest BCUT2D eigenvalue weighted by Gasteiger charge is -1.98. The summed E-state index contributed by atoms with van der Waals surface area (Å²) in [6, 6.07) is 0. The van der Waals surface area contributed by atoms with Crippen molar-refractivity contribution >= 4 is 6.09 Å². The molecule has 1 amide bonds. The second kappa shape index (κ2) is 4.35. The van der Waals surface area contributed by atoms with E-state index >= 15 is 0 Å². The van der Waals surface area contributed by atoms with Crippen molar-refractivity contribution < 1.29 is 19.7 Å². The molecule has 5 nitrogen and oxygen atoms in total. The van der Waals surface area contributed by atoms with Gasteiger partial charge in [-0.05, 0) is 0 Å². The maximum atomic E-state index is 9.99. The van der Waals surface area contributed by atoms with Gasteiger partial charge in [0, 0.05) is 0 Å². The van der Waals surface area contributed by atoms with Gasteiger partial charge in [0.1, 0.15) is 6.73 Å². The minimum atomic E-state index is -0.838. The summed E-state index contributed by atoms with van der Waals surface area (Å²) in [6.45, 7) is -1.16. The molecule has 0 bridgehead atoms. The van der Waals surface area contributed by atoms with Gasteiger partial charge in [0.05, 0.1) is 0 Å². The predicted molar refractivity (Wildman–Crippen MR) is 23.8 cm³/mol. The Morgan fingerprint density at radius 3 is 2.62 bits per heavy atom. The first-order valence-corrected chi connectivity index (χ1v) is 1.93. The maximum Gasteiger partial charge on any atom is 0.411 e. The SMILES string of the molecule is O=C(NCO)OCO. The van der Waals surface area contributed by atoms with Crippen molar-refractivity contribution in [2.24, 2.45) is 0 Å². The van der Waals surface area contributed by atoms with Crippen molar-refractivity contribution in [1.82, 2.24) is 5.32 Å². The van der Waals surface area contributed by atoms with Crippen LogP contribution in [0.3, 0.4) is 0 Å². The Hall–Kier alpha value is -0.810. The highest BCUT2D eigenvalue weighted by atomic mass is 16.6. The molecule has 0 aromatic rings. The number of aliphatic hydroxyl groups excluding tert-OH is 2. The van der Waals surface area contributed by atoms with Gasteiger partial charge in [0.15, 0.2) is 6.79 Å². The number of amides is 1. The molecule has 0 spiro atoms. The smallest absolute Gasteiger partial charge is 0.411 e. The van der Waals surface area contributed by atoms with Crippen LogP contribution in [0, 0.1) is 0 Å². The zero-order valence-electron chi connectivity index (χ0n) is 4.13. The van der Waals surface area contributed by atoms with E-state index in [0.717, 1.165) is 0 Å². The molecule has 8 heavy (non-hydrogen) atoms. The zero-order chi connectivity index (χ0) is 6.41. The summed E-state index contributed by atoms with van der Waals surface area (Å²) >= 11 is 0. The maximum absolute atomic E-state index is 9.99. The van der Waals surface area contributed by atoms with Crippen molar-refractivity contribution in [3.63, 3.8) is 0 Å². The monoisotopic (exact) mass is 121 g/mol. The van der Waals surface area contributed by atoms with Crippen LogP contribution in [-0.2, 0) is 4.74 Å². The van der Waals surface area contributed by atoms with Crippen LogP contribution in [0.25, 0.3) is 0 Å². The van der Waals surface area contributed by atoms with Gasteiger partial charge in [-0.15, -0.1) is 0 Å². The van der Waals surface area contributed by atoms with Crippen LogP contribution in [0.4, 0.5) is 4.79 Å². The highest BCUT2D eigenvalue weighted by molar-refractivity contribution is 5.66. The Morgan fingerprint density at radius 2 is 2.25 bits per heavy atom. The molecule has 0 aromatic heterocycles. The number of nitrogens with one attached hydrogen (secondary N) is 1. The largest absolute Gasteiger partial charge is 0.423 e. The first-order chi connectivity index (χ1) is 3.81. The summed E-state index contributed by atoms with van der Waals surface area (Å²) in [6.07, 6.45) is -0.838. The Labute approximate surface area is 45.9 Å². The normalized spacial score (nSPS) is 8.25. The number of hydrogen-bond acceptors (Lipinski definition) is 4. The number of carbonyl (C=O) groups is 1. The number of rotatable bonds is 2. The number of hydrogen-bond donors (Lipinski definition) is 3. The van der Waals surface area contributed by atoms with Crippen LogP contribution >= 0.6 is 0 Å². The molecule has 48 valence electrons. The summed E-state index contributed by atoms with van der Waals surface area (Å²) in [5.74, 6) is 0. The lowest BCUT2D eigenvalue weighted by molar-refractivity contribution is 0.0405. The van der Waals surface area contributed by atoms with E-state index in [9.17, 15) is 4.79 Å². The minimum absolute atomic E-state index is 0.487. The molecule has 0 aliphatic rings. The lowest BCUT2D eigenvalue weighted by atomic mass is 11.0. The average molecular weight is 121 g/mol. The van der Waals surface area contributed by atoms with Crippen LogP contribution < -0.4 is 5.32 Å². The van der Waals surface area contributed by atoms with Gasteiger partial charge in [0.25, 0.3) is 0 Å². The van der Waals surface area contributed by atoms with E-state index in [1.807, 2.05) is 5.32 Å². The molecule has 0 saturated carbocycles. The number of aliphatic hydroxyl groups is 2. The van der Waals surface area contributed by atoms with Gasteiger partial charge in [-0.25, -0.2) is 4.79 Å². The number of alkyl carbamates (subject to hydrolysis) is 1. The Morgan fingerprint density at radius 1 is 1.62 bits per heavy atom.